The summed E-state index contributed by atoms with van der Waals surface area (Å²) in [5, 5.41) is 0.718. The smallest absolute Gasteiger partial charge is 0.193 e. The van der Waals surface area contributed by atoms with Crippen LogP contribution in [0.3, 0.4) is 0 Å². The Morgan fingerprint density at radius 1 is 0.938 bits per heavy atom. The highest BCUT2D eigenvalue weighted by Gasteiger charge is 2.06. The van der Waals surface area contributed by atoms with E-state index in [-0.39, 0.29) is 0 Å². The summed E-state index contributed by atoms with van der Waals surface area (Å²) < 4.78 is 0. The maximum atomic E-state index is 6.23. The molecule has 0 amide bonds. The van der Waals surface area contributed by atoms with Gasteiger partial charge in [0.25, 0.3) is 0 Å². The van der Waals surface area contributed by atoms with Gasteiger partial charge in [-0.15, -0.1) is 0 Å². The Morgan fingerprint density at radius 3 is 1.88 bits per heavy atom. The number of rotatable bonds is 9. The van der Waals surface area contributed by atoms with Crippen LogP contribution in [0.4, 0.5) is 0 Å². The number of hydrogen-bond acceptors (Lipinski definition) is 1. The lowest BCUT2D eigenvalue weighted by Gasteiger charge is -2.22. The van der Waals surface area contributed by atoms with Gasteiger partial charge in [-0.2, -0.15) is 0 Å². The summed E-state index contributed by atoms with van der Waals surface area (Å²) in [4.78, 5) is 6.65. The predicted molar refractivity (Wildman–Crippen MR) is 74.5 cm³/mol. The van der Waals surface area contributed by atoms with Gasteiger partial charge in [-0.05, 0) is 30.9 Å². The zero-order chi connectivity index (χ0) is 12.2. The van der Waals surface area contributed by atoms with Gasteiger partial charge in [-0.1, -0.05) is 40.0 Å². The molecule has 16 heavy (non-hydrogen) atoms. The van der Waals surface area contributed by atoms with Gasteiger partial charge in [0.05, 0.1) is 0 Å². The molecule has 0 bridgehead atoms. The first-order valence-corrected chi connectivity index (χ1v) is 7.08. The van der Waals surface area contributed by atoms with Crippen LogP contribution >= 0.6 is 11.6 Å². The molecule has 0 atom stereocenters. The largest absolute Gasteiger partial charge is 0.347 e. The van der Waals surface area contributed by atoms with Gasteiger partial charge in [0.15, 0.2) is 5.29 Å². The summed E-state index contributed by atoms with van der Waals surface area (Å²) in [7, 11) is 0. The second kappa shape index (κ2) is 11.3. The van der Waals surface area contributed by atoms with Crippen LogP contribution in [0.15, 0.2) is 4.99 Å². The topological polar surface area (TPSA) is 15.6 Å². The normalized spacial score (nSPS) is 11.9. The fraction of sp³-hybridized carbons (Fsp3) is 0.923. The summed E-state index contributed by atoms with van der Waals surface area (Å²) in [6.07, 6.45) is 7.12. The Labute approximate surface area is 106 Å². The molecule has 0 saturated carbocycles. The molecule has 0 N–H and O–H groups in total. The van der Waals surface area contributed by atoms with Crippen molar-refractivity contribution >= 4 is 16.9 Å². The minimum atomic E-state index is 0.718. The monoisotopic (exact) mass is 246 g/mol. The van der Waals surface area contributed by atoms with Crippen LogP contribution in [-0.2, 0) is 0 Å². The van der Waals surface area contributed by atoms with Crippen molar-refractivity contribution in [3.05, 3.63) is 0 Å². The highest BCUT2D eigenvalue weighted by atomic mass is 35.5. The fourth-order valence-corrected chi connectivity index (χ4v) is 1.68. The number of aliphatic imine (C=N–C) groups is 1. The SMILES string of the molecule is CCCCN=C(Cl)N(CCCC)CCCC. The molecule has 0 aromatic carbocycles. The van der Waals surface area contributed by atoms with Crippen LogP contribution in [0.1, 0.15) is 59.3 Å². The van der Waals surface area contributed by atoms with Gasteiger partial charge < -0.3 is 4.90 Å². The number of halogens is 1. The van der Waals surface area contributed by atoms with Crippen LogP contribution in [0.5, 0.6) is 0 Å². The van der Waals surface area contributed by atoms with E-state index in [1.807, 2.05) is 0 Å². The Kier molecular flexibility index (Phi) is 11.1. The quantitative estimate of drug-likeness (QED) is 0.257. The predicted octanol–water partition coefficient (Wildman–Crippen LogP) is 4.28. The van der Waals surface area contributed by atoms with E-state index < -0.39 is 0 Å². The average Bonchev–Trinajstić information content (AvgIpc) is 2.29. The van der Waals surface area contributed by atoms with E-state index in [9.17, 15) is 0 Å². The third kappa shape index (κ3) is 7.98. The van der Waals surface area contributed by atoms with Crippen LogP contribution in [0.2, 0.25) is 0 Å². The summed E-state index contributed by atoms with van der Waals surface area (Å²) >= 11 is 6.23. The molecule has 0 spiro atoms. The maximum Gasteiger partial charge on any atom is 0.193 e. The Morgan fingerprint density at radius 2 is 1.44 bits per heavy atom. The number of unbranched alkanes of at least 4 members (excludes halogenated alkanes) is 3. The van der Waals surface area contributed by atoms with Crippen LogP contribution < -0.4 is 0 Å². The lowest BCUT2D eigenvalue weighted by atomic mass is 10.3. The molecule has 3 heteroatoms. The van der Waals surface area contributed by atoms with Crippen molar-refractivity contribution in [3.63, 3.8) is 0 Å². The van der Waals surface area contributed by atoms with Crippen molar-refractivity contribution in [2.75, 3.05) is 19.6 Å². The zero-order valence-corrected chi connectivity index (χ0v) is 11.9. The molecule has 0 heterocycles. The molecule has 96 valence electrons. The molecule has 0 unspecified atom stereocenters. The molecule has 0 aliphatic rings. The fourth-order valence-electron chi connectivity index (χ4n) is 1.42. The Balaban J connectivity index is 4.07. The van der Waals surface area contributed by atoms with Crippen molar-refractivity contribution < 1.29 is 0 Å². The van der Waals surface area contributed by atoms with Crippen molar-refractivity contribution in [3.8, 4) is 0 Å². The summed E-state index contributed by atoms with van der Waals surface area (Å²) in [6.45, 7) is 9.55. The van der Waals surface area contributed by atoms with Gasteiger partial charge in [0, 0.05) is 19.6 Å². The lowest BCUT2D eigenvalue weighted by Crippen LogP contribution is -2.29. The molecule has 0 aromatic heterocycles. The third-order valence-corrected chi connectivity index (χ3v) is 2.94. The molecule has 0 aliphatic heterocycles. The number of nitrogens with zero attached hydrogens (tertiary/aromatic N) is 2. The second-order valence-electron chi connectivity index (χ2n) is 4.20. The van der Waals surface area contributed by atoms with Crippen molar-refractivity contribution in [2.24, 2.45) is 4.99 Å². The minimum Gasteiger partial charge on any atom is -0.347 e. The molecule has 0 fully saturated rings. The van der Waals surface area contributed by atoms with Gasteiger partial charge in [-0.25, -0.2) is 0 Å². The molecule has 0 rings (SSSR count). The molecule has 0 saturated heterocycles. The molecule has 2 nitrogen and oxygen atoms in total. The van der Waals surface area contributed by atoms with E-state index in [2.05, 4.69) is 30.7 Å². The first-order valence-electron chi connectivity index (χ1n) is 6.71. The average molecular weight is 247 g/mol. The molecule has 0 aliphatic carbocycles. The summed E-state index contributed by atoms with van der Waals surface area (Å²) in [5.41, 5.74) is 0. The van der Waals surface area contributed by atoms with Crippen LogP contribution in [0, 0.1) is 0 Å². The van der Waals surface area contributed by atoms with Gasteiger partial charge in [0.1, 0.15) is 0 Å². The Bertz CT molecular complexity index is 173. The molecule has 0 aromatic rings. The standard InChI is InChI=1S/C13H27ClN2/c1-4-7-10-15-13(14)16(11-8-5-2)12-9-6-3/h4-12H2,1-3H3. The Hall–Kier alpha value is -0.240. The van der Waals surface area contributed by atoms with Crippen molar-refractivity contribution in [2.45, 2.75) is 59.3 Å². The van der Waals surface area contributed by atoms with Gasteiger partial charge in [-0.3, -0.25) is 4.99 Å². The van der Waals surface area contributed by atoms with E-state index in [0.717, 1.165) is 31.3 Å². The third-order valence-electron chi connectivity index (χ3n) is 2.58. The van der Waals surface area contributed by atoms with E-state index in [1.54, 1.807) is 0 Å². The van der Waals surface area contributed by atoms with Crippen LogP contribution in [0.25, 0.3) is 0 Å². The first kappa shape index (κ1) is 15.8. The highest BCUT2D eigenvalue weighted by Crippen LogP contribution is 2.04. The zero-order valence-electron chi connectivity index (χ0n) is 11.1. The van der Waals surface area contributed by atoms with Gasteiger partial charge in [0.2, 0.25) is 0 Å². The van der Waals surface area contributed by atoms with Gasteiger partial charge >= 0.3 is 0 Å². The second-order valence-corrected chi connectivity index (χ2v) is 4.54. The van der Waals surface area contributed by atoms with E-state index >= 15 is 0 Å². The van der Waals surface area contributed by atoms with E-state index in [4.69, 9.17) is 11.6 Å². The molecular weight excluding hydrogens is 220 g/mol. The van der Waals surface area contributed by atoms with Crippen molar-refractivity contribution in [1.29, 1.82) is 0 Å². The molecular formula is C13H27ClN2. The van der Waals surface area contributed by atoms with E-state index in [1.165, 1.54) is 32.1 Å². The van der Waals surface area contributed by atoms with E-state index in [0.29, 0.717) is 0 Å². The lowest BCUT2D eigenvalue weighted by molar-refractivity contribution is 0.403. The molecule has 0 radical (unpaired) electrons. The summed E-state index contributed by atoms with van der Waals surface area (Å²) in [6, 6.07) is 0. The minimum absolute atomic E-state index is 0.718. The highest BCUT2D eigenvalue weighted by molar-refractivity contribution is 6.64. The number of hydrogen-bond donors (Lipinski definition) is 0. The first-order chi connectivity index (χ1) is 7.76. The maximum absolute atomic E-state index is 6.23. The van der Waals surface area contributed by atoms with Crippen molar-refractivity contribution in [1.82, 2.24) is 4.90 Å². The van der Waals surface area contributed by atoms with Crippen LogP contribution in [-0.4, -0.2) is 29.8 Å². The number of amidine groups is 1. The summed E-state index contributed by atoms with van der Waals surface area (Å²) in [5.74, 6) is 0.